The molecule has 0 radical (unpaired) electrons. The van der Waals surface area contributed by atoms with E-state index >= 15 is 0 Å². The van der Waals surface area contributed by atoms with Crippen LogP contribution >= 0.6 is 11.3 Å². The van der Waals surface area contributed by atoms with Crippen LogP contribution in [0, 0.1) is 6.92 Å². The van der Waals surface area contributed by atoms with Gasteiger partial charge in [0, 0.05) is 5.69 Å². The summed E-state index contributed by atoms with van der Waals surface area (Å²) in [5, 5.41) is 4.60. The maximum atomic E-state index is 13.0. The first-order valence-electron chi connectivity index (χ1n) is 8.29. The molecule has 1 aromatic carbocycles. The highest BCUT2D eigenvalue weighted by Gasteiger charge is 2.25. The molecule has 1 atom stereocenters. The third kappa shape index (κ3) is 4.21. The van der Waals surface area contributed by atoms with E-state index in [4.69, 9.17) is 4.42 Å². The molecular formula is C20H20N2O3S. The third-order valence-electron chi connectivity index (χ3n) is 3.97. The molecule has 0 saturated heterocycles. The van der Waals surface area contributed by atoms with Gasteiger partial charge in [0.2, 0.25) is 5.91 Å². The van der Waals surface area contributed by atoms with Crippen LogP contribution in [0.1, 0.15) is 27.9 Å². The number of nitrogens with zero attached hydrogens (tertiary/aromatic N) is 1. The smallest absolute Gasteiger partial charge is 0.261 e. The minimum absolute atomic E-state index is 0.199. The van der Waals surface area contributed by atoms with E-state index in [-0.39, 0.29) is 11.8 Å². The summed E-state index contributed by atoms with van der Waals surface area (Å²) in [6.45, 7) is 3.98. The van der Waals surface area contributed by atoms with Crippen molar-refractivity contribution in [1.29, 1.82) is 0 Å². The zero-order valence-electron chi connectivity index (χ0n) is 14.6. The predicted octanol–water partition coefficient (Wildman–Crippen LogP) is 4.00. The second-order valence-corrected chi connectivity index (χ2v) is 6.96. The number of carbonyl (C=O) groups is 2. The Morgan fingerprint density at radius 2 is 1.92 bits per heavy atom. The fourth-order valence-corrected chi connectivity index (χ4v) is 3.18. The summed E-state index contributed by atoms with van der Waals surface area (Å²) in [6.07, 6.45) is 1.58. The minimum Gasteiger partial charge on any atom is -0.467 e. The van der Waals surface area contributed by atoms with E-state index in [1.54, 1.807) is 30.2 Å². The Kier molecular flexibility index (Phi) is 5.53. The van der Waals surface area contributed by atoms with Gasteiger partial charge in [-0.2, -0.15) is 0 Å². The van der Waals surface area contributed by atoms with Crippen molar-refractivity contribution in [1.82, 2.24) is 5.32 Å². The molecule has 0 aliphatic carbocycles. The monoisotopic (exact) mass is 368 g/mol. The SMILES string of the molecule is Cc1ccc(N(Cc2ccco2)C(=O)C(C)NC(=O)c2cccs2)cc1. The number of nitrogens with one attached hydrogen (secondary N) is 1. The van der Waals surface area contributed by atoms with Gasteiger partial charge < -0.3 is 14.6 Å². The highest BCUT2D eigenvalue weighted by Crippen LogP contribution is 2.20. The number of rotatable bonds is 6. The number of hydrogen-bond donors (Lipinski definition) is 1. The number of anilines is 1. The number of thiophene rings is 1. The highest BCUT2D eigenvalue weighted by molar-refractivity contribution is 7.12. The molecule has 0 aliphatic rings. The van der Waals surface area contributed by atoms with Crippen molar-refractivity contribution in [3.63, 3.8) is 0 Å². The summed E-state index contributed by atoms with van der Waals surface area (Å²) in [5.74, 6) is 0.230. The van der Waals surface area contributed by atoms with Crippen LogP contribution in [0.15, 0.2) is 64.6 Å². The summed E-state index contributed by atoms with van der Waals surface area (Å²) >= 11 is 1.34. The molecule has 2 aromatic heterocycles. The van der Waals surface area contributed by atoms with Gasteiger partial charge in [0.25, 0.3) is 5.91 Å². The zero-order valence-corrected chi connectivity index (χ0v) is 15.5. The lowest BCUT2D eigenvalue weighted by Crippen LogP contribution is -2.46. The van der Waals surface area contributed by atoms with Gasteiger partial charge in [0.15, 0.2) is 0 Å². The molecule has 134 valence electrons. The molecule has 5 nitrogen and oxygen atoms in total. The molecule has 0 aliphatic heterocycles. The van der Waals surface area contributed by atoms with Gasteiger partial charge in [0.1, 0.15) is 11.8 Å². The van der Waals surface area contributed by atoms with Crippen molar-refractivity contribution in [3.05, 3.63) is 76.4 Å². The maximum Gasteiger partial charge on any atom is 0.261 e. The number of aryl methyl sites for hydroxylation is 1. The van der Waals surface area contributed by atoms with Crippen molar-refractivity contribution < 1.29 is 14.0 Å². The Balaban J connectivity index is 1.79. The zero-order chi connectivity index (χ0) is 18.5. The number of benzene rings is 1. The number of hydrogen-bond acceptors (Lipinski definition) is 4. The van der Waals surface area contributed by atoms with Crippen molar-refractivity contribution in [2.24, 2.45) is 0 Å². The quantitative estimate of drug-likeness (QED) is 0.715. The minimum atomic E-state index is -0.666. The first kappa shape index (κ1) is 17.9. The van der Waals surface area contributed by atoms with E-state index in [1.165, 1.54) is 11.3 Å². The number of furan rings is 1. The Hall–Kier alpha value is -2.86. The van der Waals surface area contributed by atoms with E-state index in [2.05, 4.69) is 5.32 Å². The van der Waals surface area contributed by atoms with Gasteiger partial charge in [-0.05, 0) is 49.6 Å². The summed E-state index contributed by atoms with van der Waals surface area (Å²) in [7, 11) is 0. The maximum absolute atomic E-state index is 13.0. The molecule has 0 saturated carbocycles. The lowest BCUT2D eigenvalue weighted by molar-refractivity contribution is -0.120. The average molecular weight is 368 g/mol. The molecule has 6 heteroatoms. The normalized spacial score (nSPS) is 11.8. The average Bonchev–Trinajstić information content (AvgIpc) is 3.33. The molecule has 1 N–H and O–H groups in total. The molecule has 3 rings (SSSR count). The molecule has 2 heterocycles. The Morgan fingerprint density at radius 3 is 2.54 bits per heavy atom. The molecule has 2 amide bonds. The largest absolute Gasteiger partial charge is 0.467 e. The van der Waals surface area contributed by atoms with Crippen LogP contribution in [0.25, 0.3) is 0 Å². The summed E-state index contributed by atoms with van der Waals surface area (Å²) < 4.78 is 5.40. The Bertz CT molecular complexity index is 855. The number of amides is 2. The molecule has 26 heavy (non-hydrogen) atoms. The fraction of sp³-hybridized carbons (Fsp3) is 0.200. The van der Waals surface area contributed by atoms with E-state index in [0.717, 1.165) is 11.3 Å². The van der Waals surface area contributed by atoms with Gasteiger partial charge in [-0.1, -0.05) is 23.8 Å². The van der Waals surface area contributed by atoms with E-state index in [9.17, 15) is 9.59 Å². The number of carbonyl (C=O) groups excluding carboxylic acids is 2. The van der Waals surface area contributed by atoms with Crippen molar-refractivity contribution >= 4 is 28.8 Å². The Labute approximate surface area is 156 Å². The second kappa shape index (κ2) is 8.01. The van der Waals surface area contributed by atoms with Crippen molar-refractivity contribution in [3.8, 4) is 0 Å². The van der Waals surface area contributed by atoms with Crippen LogP contribution < -0.4 is 10.2 Å². The van der Waals surface area contributed by atoms with Crippen LogP contribution in [-0.4, -0.2) is 17.9 Å². The summed E-state index contributed by atoms with van der Waals surface area (Å²) in [4.78, 5) is 27.5. The van der Waals surface area contributed by atoms with Gasteiger partial charge in [-0.15, -0.1) is 11.3 Å². The van der Waals surface area contributed by atoms with Gasteiger partial charge in [0.05, 0.1) is 17.7 Å². The first-order chi connectivity index (χ1) is 12.5. The van der Waals surface area contributed by atoms with Crippen molar-refractivity contribution in [2.45, 2.75) is 26.4 Å². The predicted molar refractivity (Wildman–Crippen MR) is 102 cm³/mol. The third-order valence-corrected chi connectivity index (χ3v) is 4.84. The van der Waals surface area contributed by atoms with E-state index in [1.807, 2.05) is 48.7 Å². The highest BCUT2D eigenvalue weighted by atomic mass is 32.1. The Morgan fingerprint density at radius 1 is 1.15 bits per heavy atom. The summed E-state index contributed by atoms with van der Waals surface area (Å²) in [5.41, 5.74) is 1.87. The van der Waals surface area contributed by atoms with Crippen LogP contribution in [-0.2, 0) is 11.3 Å². The molecule has 0 bridgehead atoms. The summed E-state index contributed by atoms with van der Waals surface area (Å²) in [6, 6.07) is 14.2. The van der Waals surface area contributed by atoms with E-state index in [0.29, 0.717) is 17.2 Å². The van der Waals surface area contributed by atoms with Gasteiger partial charge >= 0.3 is 0 Å². The molecule has 0 spiro atoms. The van der Waals surface area contributed by atoms with Crippen LogP contribution in [0.2, 0.25) is 0 Å². The van der Waals surface area contributed by atoms with Gasteiger partial charge in [-0.25, -0.2) is 0 Å². The molecule has 1 unspecified atom stereocenters. The van der Waals surface area contributed by atoms with Crippen LogP contribution in [0.4, 0.5) is 5.69 Å². The lowest BCUT2D eigenvalue weighted by atomic mass is 10.2. The molecule has 0 fully saturated rings. The van der Waals surface area contributed by atoms with E-state index < -0.39 is 6.04 Å². The topological polar surface area (TPSA) is 62.6 Å². The fourth-order valence-electron chi connectivity index (χ4n) is 2.55. The molecule has 3 aromatic rings. The lowest BCUT2D eigenvalue weighted by Gasteiger charge is -2.25. The molecular weight excluding hydrogens is 348 g/mol. The standard InChI is InChI=1S/C20H20N2O3S/c1-14-7-9-16(10-8-14)22(13-17-5-3-11-25-17)20(24)15(2)21-19(23)18-6-4-12-26-18/h3-12,15H,13H2,1-2H3,(H,21,23). The first-order valence-corrected chi connectivity index (χ1v) is 9.17. The van der Waals surface area contributed by atoms with Crippen LogP contribution in [0.3, 0.4) is 0 Å². The van der Waals surface area contributed by atoms with Crippen molar-refractivity contribution in [2.75, 3.05) is 4.90 Å². The van der Waals surface area contributed by atoms with Gasteiger partial charge in [-0.3, -0.25) is 9.59 Å². The second-order valence-electron chi connectivity index (χ2n) is 6.01. The van der Waals surface area contributed by atoms with Crippen LogP contribution in [0.5, 0.6) is 0 Å².